The zero-order chi connectivity index (χ0) is 21.5. The summed E-state index contributed by atoms with van der Waals surface area (Å²) in [4.78, 5) is 17.3. The molecule has 30 heavy (non-hydrogen) atoms. The zero-order valence-corrected chi connectivity index (χ0v) is 17.1. The number of aliphatic hydroxyl groups is 1. The Morgan fingerprint density at radius 1 is 1.47 bits per heavy atom. The molecule has 10 heteroatoms. The molecular formula is C20H25N7O3. The smallest absolute Gasteiger partial charge is 0.322 e. The molecule has 0 saturated heterocycles. The lowest BCUT2D eigenvalue weighted by Gasteiger charge is -2.18. The molecule has 0 radical (unpaired) electrons. The van der Waals surface area contributed by atoms with Crippen LogP contribution in [0.5, 0.6) is 0 Å². The van der Waals surface area contributed by atoms with Crippen molar-refractivity contribution in [3.8, 4) is 6.07 Å². The van der Waals surface area contributed by atoms with Crippen LogP contribution in [0, 0.1) is 16.7 Å². The first-order valence-corrected chi connectivity index (χ1v) is 9.83. The van der Waals surface area contributed by atoms with E-state index in [1.165, 1.54) is 4.68 Å². The molecule has 10 nitrogen and oxygen atoms in total. The average molecular weight is 411 g/mol. The second-order valence-electron chi connectivity index (χ2n) is 8.78. The fourth-order valence-electron chi connectivity index (χ4n) is 3.27. The van der Waals surface area contributed by atoms with Crippen LogP contribution in [0.2, 0.25) is 0 Å². The largest absolute Gasteiger partial charge is 0.492 e. The van der Waals surface area contributed by atoms with Crippen LogP contribution in [-0.2, 0) is 6.54 Å². The lowest BCUT2D eigenvalue weighted by atomic mass is 9.97. The molecule has 1 aliphatic heterocycles. The van der Waals surface area contributed by atoms with E-state index in [-0.39, 0.29) is 22.8 Å². The number of H-pyrrole nitrogens is 1. The quantitative estimate of drug-likeness (QED) is 0.574. The third-order valence-corrected chi connectivity index (χ3v) is 4.82. The summed E-state index contributed by atoms with van der Waals surface area (Å²) < 4.78 is 8.52. The molecular weight excluding hydrogens is 386 g/mol. The summed E-state index contributed by atoms with van der Waals surface area (Å²) >= 11 is 0. The standard InChI is InChI=1S/C20H25N7O3/c1-20(2,3)11-26-16-8-15(14-10-22-7-6-12(14)9-21)24-27(16)19(29)17(30-25-26)18(28)23-13-4-5-13/h6-8,10,13,15,23-25,28H,4-5,11H2,1-3H3. The third kappa shape index (κ3) is 3.91. The van der Waals surface area contributed by atoms with Crippen molar-refractivity contribution in [3.05, 3.63) is 50.8 Å². The second kappa shape index (κ2) is 7.33. The van der Waals surface area contributed by atoms with Crippen molar-refractivity contribution in [2.24, 2.45) is 5.41 Å². The van der Waals surface area contributed by atoms with E-state index in [9.17, 15) is 15.2 Å². The van der Waals surface area contributed by atoms with Gasteiger partial charge in [0.1, 0.15) is 0 Å². The van der Waals surface area contributed by atoms with E-state index in [1.54, 1.807) is 23.1 Å². The Bertz CT molecular complexity index is 1230. The Balaban J connectivity index is 1.92. The van der Waals surface area contributed by atoms with E-state index in [0.717, 1.165) is 12.8 Å². The first-order chi connectivity index (χ1) is 14.3. The molecule has 3 heterocycles. The van der Waals surface area contributed by atoms with Gasteiger partial charge in [-0.05, 0) is 30.4 Å². The maximum Gasteiger partial charge on any atom is 0.322 e. The average Bonchev–Trinajstić information content (AvgIpc) is 3.41. The van der Waals surface area contributed by atoms with Crippen molar-refractivity contribution in [2.45, 2.75) is 52.2 Å². The van der Waals surface area contributed by atoms with Gasteiger partial charge in [-0.3, -0.25) is 9.78 Å². The van der Waals surface area contributed by atoms with E-state index in [4.69, 9.17) is 4.52 Å². The van der Waals surface area contributed by atoms with Crippen molar-refractivity contribution in [2.75, 3.05) is 5.43 Å². The van der Waals surface area contributed by atoms with Gasteiger partial charge in [0.15, 0.2) is 5.48 Å². The zero-order valence-electron chi connectivity index (χ0n) is 17.1. The first kappa shape index (κ1) is 19.7. The summed E-state index contributed by atoms with van der Waals surface area (Å²) in [6, 6.07) is 3.48. The van der Waals surface area contributed by atoms with Gasteiger partial charge in [0.25, 0.3) is 5.42 Å². The Kier molecular flexibility index (Phi) is 4.81. The lowest BCUT2D eigenvalue weighted by molar-refractivity contribution is 0.230. The van der Waals surface area contributed by atoms with Crippen LogP contribution in [0.3, 0.4) is 0 Å². The van der Waals surface area contributed by atoms with Crippen LogP contribution in [0.4, 0.5) is 0 Å². The minimum Gasteiger partial charge on any atom is -0.492 e. The van der Waals surface area contributed by atoms with Crippen molar-refractivity contribution < 1.29 is 9.63 Å². The molecule has 1 atom stereocenters. The SMILES string of the molecule is CC(C)(C)Cn1[nH]oc(=C(O)NC2CC2)c(=O)n2c1=CC(c1cnccc1C#N)N2. The van der Waals surface area contributed by atoms with Gasteiger partial charge in [-0.15, -0.1) is 0 Å². The summed E-state index contributed by atoms with van der Waals surface area (Å²) in [6.07, 6.45) is 6.85. The van der Waals surface area contributed by atoms with E-state index in [1.807, 2.05) is 6.08 Å². The predicted molar refractivity (Wildman–Crippen MR) is 109 cm³/mol. The molecule has 0 amide bonds. The minimum atomic E-state index is -0.555. The van der Waals surface area contributed by atoms with Gasteiger partial charge in [-0.2, -0.15) is 10.5 Å². The van der Waals surface area contributed by atoms with Gasteiger partial charge in [-0.25, -0.2) is 9.36 Å². The van der Waals surface area contributed by atoms with Crippen LogP contribution in [0.1, 0.15) is 50.8 Å². The fraction of sp³-hybridized carbons (Fsp3) is 0.450. The van der Waals surface area contributed by atoms with Crippen LogP contribution < -0.4 is 27.2 Å². The van der Waals surface area contributed by atoms with Gasteiger partial charge in [0, 0.05) is 30.5 Å². The Morgan fingerprint density at radius 3 is 2.90 bits per heavy atom. The molecule has 1 saturated carbocycles. The molecule has 1 aliphatic carbocycles. The molecule has 1 fully saturated rings. The van der Waals surface area contributed by atoms with E-state index < -0.39 is 11.6 Å². The first-order valence-electron chi connectivity index (χ1n) is 9.83. The number of aliphatic hydroxyl groups excluding tert-OH is 1. The molecule has 4 rings (SSSR count). The summed E-state index contributed by atoms with van der Waals surface area (Å²) in [7, 11) is 0. The van der Waals surface area contributed by atoms with Crippen molar-refractivity contribution in [3.63, 3.8) is 0 Å². The molecule has 0 aromatic carbocycles. The topological polar surface area (TPSA) is 137 Å². The van der Waals surface area contributed by atoms with Gasteiger partial charge in [0.2, 0.25) is 5.88 Å². The maximum absolute atomic E-state index is 13.2. The molecule has 0 bridgehead atoms. The number of nitrogens with zero attached hydrogens (tertiary/aromatic N) is 4. The summed E-state index contributed by atoms with van der Waals surface area (Å²) in [5, 5.41) is 25.5. The molecule has 1 unspecified atom stereocenters. The van der Waals surface area contributed by atoms with Crippen LogP contribution in [-0.4, -0.2) is 30.8 Å². The van der Waals surface area contributed by atoms with E-state index in [0.29, 0.717) is 23.2 Å². The molecule has 4 N–H and O–H groups in total. The number of hydrogen-bond donors (Lipinski definition) is 4. The van der Waals surface area contributed by atoms with Crippen LogP contribution in [0.15, 0.2) is 27.8 Å². The maximum atomic E-state index is 13.2. The highest BCUT2D eigenvalue weighted by atomic mass is 16.5. The second-order valence-corrected chi connectivity index (χ2v) is 8.78. The van der Waals surface area contributed by atoms with Gasteiger partial charge in [-0.1, -0.05) is 20.8 Å². The van der Waals surface area contributed by atoms with Gasteiger partial charge in [0.05, 0.1) is 17.7 Å². The van der Waals surface area contributed by atoms with Gasteiger partial charge >= 0.3 is 5.56 Å². The lowest BCUT2D eigenvalue weighted by Crippen LogP contribution is -2.45. The number of aromatic nitrogens is 4. The molecule has 0 spiro atoms. The Labute approximate surface area is 172 Å². The summed E-state index contributed by atoms with van der Waals surface area (Å²) in [5.74, 6) is -0.309. The number of rotatable bonds is 4. The Hall–Kier alpha value is -3.61. The highest BCUT2D eigenvalue weighted by Gasteiger charge is 2.25. The van der Waals surface area contributed by atoms with Gasteiger partial charge < -0.3 is 20.4 Å². The number of nitriles is 1. The molecule has 2 aromatic rings. The molecule has 2 aromatic heterocycles. The van der Waals surface area contributed by atoms with Crippen molar-refractivity contribution in [1.82, 2.24) is 24.9 Å². The fourth-order valence-corrected chi connectivity index (χ4v) is 3.27. The van der Waals surface area contributed by atoms with Crippen molar-refractivity contribution >= 4 is 12.0 Å². The van der Waals surface area contributed by atoms with Crippen LogP contribution >= 0.6 is 0 Å². The third-order valence-electron chi connectivity index (χ3n) is 4.82. The summed E-state index contributed by atoms with van der Waals surface area (Å²) in [5.41, 5.74) is 3.82. The van der Waals surface area contributed by atoms with E-state index >= 15 is 0 Å². The number of hydrogen-bond acceptors (Lipinski definition) is 7. The number of aromatic amines is 1. The van der Waals surface area contributed by atoms with E-state index in [2.05, 4.69) is 47.8 Å². The monoisotopic (exact) mass is 411 g/mol. The molecule has 158 valence electrons. The predicted octanol–water partition coefficient (Wildman–Crippen LogP) is 0.463. The van der Waals surface area contributed by atoms with Crippen molar-refractivity contribution in [1.29, 1.82) is 5.26 Å². The van der Waals surface area contributed by atoms with Crippen LogP contribution in [0.25, 0.3) is 12.0 Å². The number of nitrogens with one attached hydrogen (secondary N) is 3. The number of fused-ring (bicyclic) bond motifs is 1. The minimum absolute atomic E-state index is 0.126. The summed E-state index contributed by atoms with van der Waals surface area (Å²) in [6.45, 7) is 6.69. The normalized spacial score (nSPS) is 18.5. The number of pyridine rings is 1. The molecule has 2 aliphatic rings. The Morgan fingerprint density at radius 2 is 2.23 bits per heavy atom. The highest BCUT2D eigenvalue weighted by Crippen LogP contribution is 2.21. The highest BCUT2D eigenvalue weighted by molar-refractivity contribution is 5.48.